The number of hydrogen-bond donors (Lipinski definition) is 0. The lowest BCUT2D eigenvalue weighted by atomic mass is 10.1. The first-order valence-corrected chi connectivity index (χ1v) is 11.9. The third kappa shape index (κ3) is 6.16. The summed E-state index contributed by atoms with van der Waals surface area (Å²) in [5, 5.41) is 4.12. The molecule has 0 unspecified atom stereocenters. The normalized spacial score (nSPS) is 13.2. The fraction of sp³-hybridized carbons (Fsp3) is 0.423. The molecular formula is C26H31N5O6. The van der Waals surface area contributed by atoms with Crippen molar-refractivity contribution < 1.29 is 28.5 Å². The monoisotopic (exact) mass is 509 g/mol. The maximum atomic E-state index is 13.4. The van der Waals surface area contributed by atoms with Crippen LogP contribution in [0.2, 0.25) is 0 Å². The molecule has 3 heterocycles. The highest BCUT2D eigenvalue weighted by molar-refractivity contribution is 5.97. The Bertz CT molecular complexity index is 1300. The third-order valence-electron chi connectivity index (χ3n) is 4.91. The zero-order valence-electron chi connectivity index (χ0n) is 22.1. The number of fused-ring (bicyclic) bond motifs is 1. The number of nitrogens with zero attached hydrogens (tertiary/aromatic N) is 5. The molecule has 4 rings (SSSR count). The van der Waals surface area contributed by atoms with E-state index >= 15 is 0 Å². The number of carbonyl (C=O) groups excluding carboxylic acids is 2. The highest BCUT2D eigenvalue weighted by Gasteiger charge is 2.32. The number of carbonyl (C=O) groups is 2. The maximum absolute atomic E-state index is 13.4. The first-order valence-electron chi connectivity index (χ1n) is 11.9. The van der Waals surface area contributed by atoms with Gasteiger partial charge in [-0.3, -0.25) is 0 Å². The van der Waals surface area contributed by atoms with E-state index in [1.54, 1.807) is 85.1 Å². The van der Waals surface area contributed by atoms with Gasteiger partial charge >= 0.3 is 12.2 Å². The fourth-order valence-corrected chi connectivity index (χ4v) is 3.49. The molecule has 0 radical (unpaired) electrons. The fourth-order valence-electron chi connectivity index (χ4n) is 3.49. The Morgan fingerprint density at radius 2 is 1.57 bits per heavy atom. The summed E-state index contributed by atoms with van der Waals surface area (Å²) in [5.41, 5.74) is 0.595. The quantitative estimate of drug-likeness (QED) is 0.465. The molecule has 1 amide bonds. The van der Waals surface area contributed by atoms with Crippen molar-refractivity contribution in [1.29, 1.82) is 0 Å². The van der Waals surface area contributed by atoms with Crippen molar-refractivity contribution in [3.63, 3.8) is 0 Å². The number of aromatic nitrogens is 4. The van der Waals surface area contributed by atoms with Crippen LogP contribution in [0.5, 0.6) is 11.6 Å². The lowest BCUT2D eigenvalue weighted by Gasteiger charge is -2.29. The molecule has 0 spiro atoms. The van der Waals surface area contributed by atoms with Gasteiger partial charge in [0.2, 0.25) is 5.75 Å². The van der Waals surface area contributed by atoms with Crippen molar-refractivity contribution in [1.82, 2.24) is 19.7 Å². The second-order valence-electron chi connectivity index (χ2n) is 10.4. The Labute approximate surface area is 215 Å². The summed E-state index contributed by atoms with van der Waals surface area (Å²) in [6, 6.07) is 7.11. The molecule has 2 aromatic heterocycles. The number of ether oxygens (including phenoxy) is 4. The summed E-state index contributed by atoms with van der Waals surface area (Å²) in [6.07, 6.45) is 1.95. The summed E-state index contributed by atoms with van der Waals surface area (Å²) in [7, 11) is 0. The van der Waals surface area contributed by atoms with E-state index in [4.69, 9.17) is 18.9 Å². The average Bonchev–Trinajstić information content (AvgIpc) is 3.28. The van der Waals surface area contributed by atoms with Gasteiger partial charge in [-0.2, -0.15) is 14.8 Å². The molecule has 11 heteroatoms. The van der Waals surface area contributed by atoms with Gasteiger partial charge in [-0.05, 0) is 66.2 Å². The number of aryl methyl sites for hydroxylation is 1. The summed E-state index contributed by atoms with van der Waals surface area (Å²) >= 11 is 0. The predicted molar refractivity (Wildman–Crippen MR) is 135 cm³/mol. The van der Waals surface area contributed by atoms with Crippen molar-refractivity contribution in [2.75, 3.05) is 18.1 Å². The largest absolute Gasteiger partial charge is 0.482 e. The topological polar surface area (TPSA) is 118 Å². The molecule has 0 saturated carbocycles. The van der Waals surface area contributed by atoms with E-state index in [0.717, 1.165) is 10.2 Å². The summed E-state index contributed by atoms with van der Waals surface area (Å²) in [4.78, 5) is 35.8. The first-order chi connectivity index (χ1) is 17.3. The standard InChI is InChI=1S/C26H31N5O6/c1-16-28-21(20-22(29-16)35-13-12-34-20)31(24(33)37-26(5,6)7)19-10-8-17(9-11-19)18-14-27-30(15-18)23(32)36-25(2,3)4/h8-11,14-15H,12-13H2,1-7H3. The lowest BCUT2D eigenvalue weighted by Crippen LogP contribution is -2.35. The van der Waals surface area contributed by atoms with Crippen LogP contribution >= 0.6 is 0 Å². The lowest BCUT2D eigenvalue weighted by molar-refractivity contribution is 0.0513. The van der Waals surface area contributed by atoms with Crippen LogP contribution in [0, 0.1) is 6.92 Å². The van der Waals surface area contributed by atoms with Crippen molar-refractivity contribution >= 4 is 23.7 Å². The number of anilines is 2. The Balaban J connectivity index is 1.69. The van der Waals surface area contributed by atoms with Gasteiger partial charge in [0.15, 0.2) is 5.82 Å². The molecule has 11 nitrogen and oxygen atoms in total. The Hall–Kier alpha value is -4.15. The molecule has 0 N–H and O–H groups in total. The van der Waals surface area contributed by atoms with Gasteiger partial charge in [0.25, 0.3) is 5.88 Å². The Morgan fingerprint density at radius 3 is 2.22 bits per heavy atom. The van der Waals surface area contributed by atoms with Crippen molar-refractivity contribution in [2.24, 2.45) is 0 Å². The van der Waals surface area contributed by atoms with Crippen molar-refractivity contribution in [2.45, 2.75) is 59.7 Å². The third-order valence-corrected chi connectivity index (χ3v) is 4.91. The Morgan fingerprint density at radius 1 is 0.919 bits per heavy atom. The highest BCUT2D eigenvalue weighted by Crippen LogP contribution is 2.41. The number of rotatable bonds is 3. The highest BCUT2D eigenvalue weighted by atomic mass is 16.6. The van der Waals surface area contributed by atoms with E-state index < -0.39 is 23.4 Å². The van der Waals surface area contributed by atoms with Gasteiger partial charge in [-0.1, -0.05) is 12.1 Å². The first kappa shape index (κ1) is 25.9. The van der Waals surface area contributed by atoms with Crippen LogP contribution in [0.25, 0.3) is 11.1 Å². The Kier molecular flexibility index (Phi) is 6.81. The molecule has 0 aliphatic carbocycles. The van der Waals surface area contributed by atoms with E-state index in [-0.39, 0.29) is 17.4 Å². The van der Waals surface area contributed by atoms with Crippen molar-refractivity contribution in [3.05, 3.63) is 42.5 Å². The summed E-state index contributed by atoms with van der Waals surface area (Å²) in [5.74, 6) is 1.18. The molecule has 3 aromatic rings. The molecule has 0 bridgehead atoms. The number of hydrogen-bond acceptors (Lipinski definition) is 9. The van der Waals surface area contributed by atoms with Crippen LogP contribution in [-0.2, 0) is 9.47 Å². The van der Waals surface area contributed by atoms with E-state index in [1.165, 1.54) is 4.90 Å². The van der Waals surface area contributed by atoms with Gasteiger partial charge < -0.3 is 18.9 Å². The molecule has 196 valence electrons. The van der Waals surface area contributed by atoms with E-state index in [1.807, 2.05) is 0 Å². The molecule has 0 saturated heterocycles. The minimum absolute atomic E-state index is 0.224. The van der Waals surface area contributed by atoms with Gasteiger partial charge in [-0.25, -0.2) is 19.5 Å². The van der Waals surface area contributed by atoms with Crippen LogP contribution in [-0.4, -0.2) is 56.4 Å². The van der Waals surface area contributed by atoms with Crippen LogP contribution in [0.15, 0.2) is 36.7 Å². The zero-order chi connectivity index (χ0) is 27.0. The smallest absolute Gasteiger partial charge is 0.435 e. The SMILES string of the molecule is Cc1nc2c(c(N(C(=O)OC(C)(C)C)c3ccc(-c4cnn(C(=O)OC(C)(C)C)c4)cc3)n1)OCCO2. The summed E-state index contributed by atoms with van der Waals surface area (Å²) < 4.78 is 23.6. The average molecular weight is 510 g/mol. The van der Waals surface area contributed by atoms with E-state index in [2.05, 4.69) is 15.1 Å². The van der Waals surface area contributed by atoms with Crippen LogP contribution < -0.4 is 14.4 Å². The number of amides is 1. The summed E-state index contributed by atoms with van der Waals surface area (Å²) in [6.45, 7) is 13.1. The molecule has 1 aliphatic rings. The molecule has 0 atom stereocenters. The predicted octanol–water partition coefficient (Wildman–Crippen LogP) is 5.28. The molecular weight excluding hydrogens is 478 g/mol. The van der Waals surface area contributed by atoms with Crippen LogP contribution in [0.3, 0.4) is 0 Å². The van der Waals surface area contributed by atoms with Crippen molar-refractivity contribution in [3.8, 4) is 22.8 Å². The molecule has 1 aliphatic heterocycles. The maximum Gasteiger partial charge on any atom is 0.435 e. The minimum atomic E-state index is -0.745. The second-order valence-corrected chi connectivity index (χ2v) is 10.4. The van der Waals surface area contributed by atoms with Gasteiger partial charge in [-0.15, -0.1) is 0 Å². The van der Waals surface area contributed by atoms with Gasteiger partial charge in [0, 0.05) is 11.8 Å². The van der Waals surface area contributed by atoms with E-state index in [0.29, 0.717) is 30.3 Å². The zero-order valence-corrected chi connectivity index (χ0v) is 22.1. The van der Waals surface area contributed by atoms with E-state index in [9.17, 15) is 9.59 Å². The van der Waals surface area contributed by atoms with Gasteiger partial charge in [0.05, 0.1) is 11.9 Å². The molecule has 0 fully saturated rings. The van der Waals surface area contributed by atoms with Gasteiger partial charge in [0.1, 0.15) is 30.2 Å². The van der Waals surface area contributed by atoms with Crippen LogP contribution in [0.1, 0.15) is 47.4 Å². The molecule has 1 aromatic carbocycles. The number of benzene rings is 1. The molecule has 37 heavy (non-hydrogen) atoms. The second kappa shape index (κ2) is 9.72. The van der Waals surface area contributed by atoms with Crippen LogP contribution in [0.4, 0.5) is 21.1 Å². The minimum Gasteiger partial charge on any atom is -0.482 e.